The Hall–Kier alpha value is -1.90. The smallest absolute Gasteiger partial charge is 0.254 e. The van der Waals surface area contributed by atoms with Crippen molar-refractivity contribution in [1.29, 1.82) is 0 Å². The molecule has 1 amide bonds. The number of methoxy groups -OCH3 is 1. The Morgan fingerprint density at radius 1 is 0.897 bits per heavy atom. The zero-order valence-corrected chi connectivity index (χ0v) is 17.1. The van der Waals surface area contributed by atoms with E-state index in [0.717, 1.165) is 4.90 Å². The lowest BCUT2D eigenvalue weighted by Gasteiger charge is -2.36. The average Bonchev–Trinajstić information content (AvgIpc) is 2.70. The minimum absolute atomic E-state index is 0.0465. The molecular formula is C18H13Cl3F4N2O2. The van der Waals surface area contributed by atoms with Crippen LogP contribution in [0.1, 0.15) is 10.4 Å². The first-order valence-corrected chi connectivity index (χ1v) is 9.39. The highest BCUT2D eigenvalue weighted by molar-refractivity contribution is 6.37. The van der Waals surface area contributed by atoms with E-state index in [0.29, 0.717) is 0 Å². The Kier molecular flexibility index (Phi) is 6.36. The van der Waals surface area contributed by atoms with Crippen LogP contribution >= 0.6 is 34.8 Å². The van der Waals surface area contributed by atoms with Crippen molar-refractivity contribution in [3.8, 4) is 5.75 Å². The Bertz CT molecular complexity index is 930. The van der Waals surface area contributed by atoms with Crippen LogP contribution in [-0.2, 0) is 0 Å². The zero-order chi connectivity index (χ0) is 21.5. The molecular weight excluding hydrogens is 459 g/mol. The maximum absolute atomic E-state index is 14.1. The fraction of sp³-hybridized carbons (Fsp3) is 0.278. The van der Waals surface area contributed by atoms with Gasteiger partial charge in [0.1, 0.15) is 10.7 Å². The first kappa shape index (κ1) is 21.8. The number of nitrogens with zero attached hydrogens (tertiary/aromatic N) is 2. The number of anilines is 1. The molecule has 0 atom stereocenters. The molecule has 1 saturated heterocycles. The van der Waals surface area contributed by atoms with Gasteiger partial charge in [0, 0.05) is 31.7 Å². The van der Waals surface area contributed by atoms with E-state index >= 15 is 0 Å². The number of rotatable bonds is 3. The van der Waals surface area contributed by atoms with E-state index in [-0.39, 0.29) is 47.5 Å². The summed E-state index contributed by atoms with van der Waals surface area (Å²) in [7, 11) is 1.38. The number of benzene rings is 2. The van der Waals surface area contributed by atoms with Crippen molar-refractivity contribution >= 4 is 46.4 Å². The van der Waals surface area contributed by atoms with Gasteiger partial charge in [-0.25, -0.2) is 17.6 Å². The van der Waals surface area contributed by atoms with Crippen molar-refractivity contribution in [3.05, 3.63) is 56.0 Å². The van der Waals surface area contributed by atoms with Crippen LogP contribution in [0, 0.1) is 23.3 Å². The molecule has 0 aliphatic carbocycles. The van der Waals surface area contributed by atoms with Gasteiger partial charge < -0.3 is 14.5 Å². The van der Waals surface area contributed by atoms with Crippen LogP contribution in [0.4, 0.5) is 23.2 Å². The van der Waals surface area contributed by atoms with Gasteiger partial charge in [0.15, 0.2) is 29.0 Å². The molecule has 1 aliphatic heterocycles. The molecule has 0 saturated carbocycles. The van der Waals surface area contributed by atoms with Gasteiger partial charge in [0.05, 0.1) is 17.2 Å². The monoisotopic (exact) mass is 470 g/mol. The third kappa shape index (κ3) is 3.93. The molecule has 2 aromatic carbocycles. The Balaban J connectivity index is 1.79. The first-order valence-electron chi connectivity index (χ1n) is 8.26. The Labute approximate surface area is 178 Å². The molecule has 0 spiro atoms. The zero-order valence-electron chi connectivity index (χ0n) is 14.8. The number of piperazine rings is 1. The average molecular weight is 472 g/mol. The summed E-state index contributed by atoms with van der Waals surface area (Å²) in [5, 5.41) is -0.942. The number of carbonyl (C=O) groups excluding carboxylic acids is 1. The molecule has 11 heteroatoms. The first-order chi connectivity index (χ1) is 13.7. The van der Waals surface area contributed by atoms with Crippen LogP contribution in [-0.4, -0.2) is 44.1 Å². The topological polar surface area (TPSA) is 32.8 Å². The third-order valence-electron chi connectivity index (χ3n) is 4.52. The van der Waals surface area contributed by atoms with Crippen LogP contribution < -0.4 is 9.64 Å². The number of carbonyl (C=O) groups is 1. The summed E-state index contributed by atoms with van der Waals surface area (Å²) in [4.78, 5) is 15.2. The Morgan fingerprint density at radius 2 is 1.38 bits per heavy atom. The van der Waals surface area contributed by atoms with Gasteiger partial charge in [0.2, 0.25) is 0 Å². The molecule has 156 valence electrons. The van der Waals surface area contributed by atoms with E-state index < -0.39 is 39.9 Å². The second-order valence-electron chi connectivity index (χ2n) is 6.17. The van der Waals surface area contributed by atoms with Crippen LogP contribution in [0.5, 0.6) is 5.75 Å². The summed E-state index contributed by atoms with van der Waals surface area (Å²) >= 11 is 17.3. The fourth-order valence-electron chi connectivity index (χ4n) is 3.07. The van der Waals surface area contributed by atoms with E-state index in [1.165, 1.54) is 24.1 Å². The number of amides is 1. The summed E-state index contributed by atoms with van der Waals surface area (Å²) in [6, 6.07) is 2.79. The standard InChI is InChI=1S/C18H13Cl3F4N2O2/c1-29-17-9(19)6-8(7-10(17)20)18(28)27-4-2-26(3-5-27)16-14(24)12(22)11(21)13(23)15(16)25/h6-7H,2-5H2,1H3. The highest BCUT2D eigenvalue weighted by Gasteiger charge is 2.31. The lowest BCUT2D eigenvalue weighted by Crippen LogP contribution is -2.49. The van der Waals surface area contributed by atoms with Gasteiger partial charge >= 0.3 is 0 Å². The molecule has 29 heavy (non-hydrogen) atoms. The molecule has 2 aromatic rings. The molecule has 4 nitrogen and oxygen atoms in total. The highest BCUT2D eigenvalue weighted by Crippen LogP contribution is 2.35. The molecule has 0 radical (unpaired) electrons. The lowest BCUT2D eigenvalue weighted by molar-refractivity contribution is 0.0746. The highest BCUT2D eigenvalue weighted by atomic mass is 35.5. The molecule has 0 bridgehead atoms. The van der Waals surface area contributed by atoms with Crippen molar-refractivity contribution in [1.82, 2.24) is 4.90 Å². The van der Waals surface area contributed by atoms with E-state index in [1.54, 1.807) is 0 Å². The van der Waals surface area contributed by atoms with Gasteiger partial charge in [-0.3, -0.25) is 4.79 Å². The van der Waals surface area contributed by atoms with Crippen LogP contribution in [0.2, 0.25) is 15.1 Å². The summed E-state index contributed by atoms with van der Waals surface area (Å²) < 4.78 is 60.7. The van der Waals surface area contributed by atoms with E-state index in [9.17, 15) is 22.4 Å². The summed E-state index contributed by atoms with van der Waals surface area (Å²) in [6.07, 6.45) is 0. The van der Waals surface area contributed by atoms with Crippen molar-refractivity contribution in [2.75, 3.05) is 38.2 Å². The third-order valence-corrected chi connectivity index (χ3v) is 5.41. The lowest BCUT2D eigenvalue weighted by atomic mass is 10.1. The predicted octanol–water partition coefficient (Wildman–Crippen LogP) is 5.17. The van der Waals surface area contributed by atoms with Crippen LogP contribution in [0.25, 0.3) is 0 Å². The molecule has 0 N–H and O–H groups in total. The van der Waals surface area contributed by atoms with Crippen molar-refractivity contribution < 1.29 is 27.1 Å². The van der Waals surface area contributed by atoms with E-state index in [4.69, 9.17) is 39.5 Å². The molecule has 1 heterocycles. The van der Waals surface area contributed by atoms with E-state index in [2.05, 4.69) is 0 Å². The SMILES string of the molecule is COc1c(Cl)cc(C(=O)N2CCN(c3c(F)c(F)c(Cl)c(F)c3F)CC2)cc1Cl. The quantitative estimate of drug-likeness (QED) is 0.352. The second kappa shape index (κ2) is 8.45. The van der Waals surface area contributed by atoms with Gasteiger partial charge in [0.25, 0.3) is 5.91 Å². The maximum atomic E-state index is 14.1. The molecule has 3 rings (SSSR count). The summed E-state index contributed by atoms with van der Waals surface area (Å²) in [5.41, 5.74) is -0.651. The Morgan fingerprint density at radius 3 is 1.83 bits per heavy atom. The number of hydrogen-bond acceptors (Lipinski definition) is 3. The minimum Gasteiger partial charge on any atom is -0.494 e. The molecule has 0 unspecified atom stereocenters. The number of halogens is 7. The van der Waals surface area contributed by atoms with Crippen LogP contribution in [0.3, 0.4) is 0 Å². The minimum atomic E-state index is -1.67. The van der Waals surface area contributed by atoms with Gasteiger partial charge in [-0.2, -0.15) is 0 Å². The van der Waals surface area contributed by atoms with Crippen molar-refractivity contribution in [2.24, 2.45) is 0 Å². The fourth-order valence-corrected chi connectivity index (χ4v) is 3.87. The molecule has 1 fully saturated rings. The van der Waals surface area contributed by atoms with Crippen molar-refractivity contribution in [2.45, 2.75) is 0 Å². The van der Waals surface area contributed by atoms with E-state index in [1.807, 2.05) is 0 Å². The second-order valence-corrected chi connectivity index (χ2v) is 7.36. The summed E-state index contributed by atoms with van der Waals surface area (Å²) in [5.74, 6) is -6.68. The largest absolute Gasteiger partial charge is 0.494 e. The number of ether oxygens (including phenoxy) is 1. The van der Waals surface area contributed by atoms with Gasteiger partial charge in [-0.15, -0.1) is 0 Å². The molecule has 0 aromatic heterocycles. The van der Waals surface area contributed by atoms with Gasteiger partial charge in [-0.05, 0) is 12.1 Å². The van der Waals surface area contributed by atoms with Gasteiger partial charge in [-0.1, -0.05) is 34.8 Å². The maximum Gasteiger partial charge on any atom is 0.254 e. The molecule has 1 aliphatic rings. The van der Waals surface area contributed by atoms with Crippen molar-refractivity contribution in [3.63, 3.8) is 0 Å². The summed E-state index contributed by atoms with van der Waals surface area (Å²) in [6.45, 7) is -0.0227. The normalized spacial score (nSPS) is 14.3. The van der Waals surface area contributed by atoms with Crippen LogP contribution in [0.15, 0.2) is 12.1 Å². The number of hydrogen-bond donors (Lipinski definition) is 0. The predicted molar refractivity (Wildman–Crippen MR) is 102 cm³/mol.